The van der Waals surface area contributed by atoms with Crippen LogP contribution in [0.5, 0.6) is 0 Å². The van der Waals surface area contributed by atoms with Gasteiger partial charge >= 0.3 is 5.97 Å². The summed E-state index contributed by atoms with van der Waals surface area (Å²) in [7, 11) is 1.54. The van der Waals surface area contributed by atoms with Gasteiger partial charge in [-0.1, -0.05) is 0 Å². The lowest BCUT2D eigenvalue weighted by molar-refractivity contribution is -0.129. The van der Waals surface area contributed by atoms with Gasteiger partial charge in [-0.3, -0.25) is 5.41 Å². The van der Waals surface area contributed by atoms with Crippen LogP contribution in [0.1, 0.15) is 6.42 Å². The first-order valence-electron chi connectivity index (χ1n) is 2.39. The summed E-state index contributed by atoms with van der Waals surface area (Å²) in [5, 5.41) is 14.9. The van der Waals surface area contributed by atoms with Crippen LogP contribution in [0, 0.1) is 5.41 Å². The van der Waals surface area contributed by atoms with Gasteiger partial charge in [-0.2, -0.15) is 0 Å². The minimum Gasteiger partial charge on any atom is -0.477 e. The summed E-state index contributed by atoms with van der Waals surface area (Å²) >= 11 is 0. The van der Waals surface area contributed by atoms with E-state index >= 15 is 0 Å². The fourth-order valence-electron chi connectivity index (χ4n) is 0.270. The Hall–Kier alpha value is -1.19. The summed E-state index contributed by atoms with van der Waals surface area (Å²) in [5.41, 5.74) is -0.333. The highest BCUT2D eigenvalue weighted by atomic mass is 16.4. The molecule has 0 bridgehead atoms. The topological polar surface area (TPSA) is 73.5 Å². The van der Waals surface area contributed by atoms with Crippen LogP contribution >= 0.6 is 0 Å². The fraction of sp³-hybridized carbons (Fsp3) is 0.400. The van der Waals surface area contributed by atoms with Crippen LogP contribution in [-0.4, -0.2) is 30.0 Å². The van der Waals surface area contributed by atoms with Gasteiger partial charge in [0.2, 0.25) is 0 Å². The van der Waals surface area contributed by atoms with E-state index < -0.39 is 5.97 Å². The first-order chi connectivity index (χ1) is 4.18. The molecule has 0 aliphatic rings. The second kappa shape index (κ2) is 3.77. The van der Waals surface area contributed by atoms with Gasteiger partial charge in [0, 0.05) is 19.7 Å². The quantitative estimate of drug-likeness (QED) is 0.532. The third kappa shape index (κ3) is 3.40. The summed E-state index contributed by atoms with van der Waals surface area (Å²) < 4.78 is 0. The van der Waals surface area contributed by atoms with E-state index in [1.165, 1.54) is 13.3 Å². The SMILES string of the molecule is CN=CCC(=N)C(=O)O. The number of carboxylic acid groups (broad SMARTS) is 1. The fourth-order valence-corrected chi connectivity index (χ4v) is 0.270. The second-order valence-corrected chi connectivity index (χ2v) is 1.43. The van der Waals surface area contributed by atoms with E-state index in [2.05, 4.69) is 4.99 Å². The van der Waals surface area contributed by atoms with Crippen molar-refractivity contribution in [3.8, 4) is 0 Å². The zero-order chi connectivity index (χ0) is 7.28. The molecule has 4 nitrogen and oxygen atoms in total. The van der Waals surface area contributed by atoms with Gasteiger partial charge in [-0.05, 0) is 0 Å². The van der Waals surface area contributed by atoms with Crippen LogP contribution in [0.3, 0.4) is 0 Å². The molecule has 0 saturated heterocycles. The normalized spacial score (nSPS) is 9.89. The molecular weight excluding hydrogens is 120 g/mol. The molecule has 0 fully saturated rings. The maximum absolute atomic E-state index is 9.92. The smallest absolute Gasteiger partial charge is 0.349 e. The molecule has 0 radical (unpaired) electrons. The largest absolute Gasteiger partial charge is 0.477 e. The summed E-state index contributed by atoms with van der Waals surface area (Å²) in [4.78, 5) is 13.4. The second-order valence-electron chi connectivity index (χ2n) is 1.43. The Morgan fingerprint density at radius 1 is 1.89 bits per heavy atom. The Bertz CT molecular complexity index is 151. The van der Waals surface area contributed by atoms with E-state index in [0.29, 0.717) is 0 Å². The van der Waals surface area contributed by atoms with E-state index in [1.807, 2.05) is 0 Å². The molecule has 0 aromatic rings. The third-order valence-corrected chi connectivity index (χ3v) is 0.736. The predicted octanol–water partition coefficient (Wildman–Crippen LogP) is 0.181. The van der Waals surface area contributed by atoms with Gasteiger partial charge in [0.1, 0.15) is 5.71 Å². The molecule has 4 heteroatoms. The number of nitrogens with one attached hydrogen (secondary N) is 1. The molecule has 0 aromatic carbocycles. The van der Waals surface area contributed by atoms with Crippen molar-refractivity contribution >= 4 is 17.9 Å². The highest BCUT2D eigenvalue weighted by molar-refractivity contribution is 6.36. The molecule has 2 N–H and O–H groups in total. The van der Waals surface area contributed by atoms with Crippen molar-refractivity contribution in [3.05, 3.63) is 0 Å². The van der Waals surface area contributed by atoms with E-state index in [0.717, 1.165) is 0 Å². The Morgan fingerprint density at radius 3 is 2.78 bits per heavy atom. The monoisotopic (exact) mass is 128 g/mol. The average Bonchev–Trinajstić information content (AvgIpc) is 1.82. The standard InChI is InChI=1S/C5H8N2O2/c1-7-3-2-4(6)5(8)9/h3,6H,2H2,1H3,(H,8,9). The molecule has 0 aliphatic carbocycles. The van der Waals surface area contributed by atoms with Crippen LogP contribution in [-0.2, 0) is 4.79 Å². The minimum atomic E-state index is -1.19. The van der Waals surface area contributed by atoms with E-state index in [1.54, 1.807) is 0 Å². The molecule has 0 atom stereocenters. The lowest BCUT2D eigenvalue weighted by Crippen LogP contribution is -2.11. The molecule has 0 aliphatic heterocycles. The Balaban J connectivity index is 3.65. The Morgan fingerprint density at radius 2 is 2.44 bits per heavy atom. The van der Waals surface area contributed by atoms with E-state index in [9.17, 15) is 4.79 Å². The van der Waals surface area contributed by atoms with Crippen molar-refractivity contribution in [2.45, 2.75) is 6.42 Å². The summed E-state index contributed by atoms with van der Waals surface area (Å²) in [6.07, 6.45) is 1.49. The average molecular weight is 128 g/mol. The van der Waals surface area contributed by atoms with Gasteiger partial charge in [-0.25, -0.2) is 4.79 Å². The van der Waals surface area contributed by atoms with Crippen molar-refractivity contribution in [2.24, 2.45) is 4.99 Å². The Labute approximate surface area is 52.7 Å². The summed E-state index contributed by atoms with van der Waals surface area (Å²) in [6, 6.07) is 0. The Kier molecular flexibility index (Phi) is 3.27. The van der Waals surface area contributed by atoms with Gasteiger partial charge in [0.25, 0.3) is 0 Å². The third-order valence-electron chi connectivity index (χ3n) is 0.736. The number of nitrogens with zero attached hydrogens (tertiary/aromatic N) is 1. The van der Waals surface area contributed by atoms with Gasteiger partial charge in [-0.15, -0.1) is 0 Å². The lowest BCUT2D eigenvalue weighted by atomic mass is 10.3. The van der Waals surface area contributed by atoms with Crippen molar-refractivity contribution in [1.29, 1.82) is 5.41 Å². The molecule has 0 heterocycles. The summed E-state index contributed by atoms with van der Waals surface area (Å²) in [5.74, 6) is -1.19. The van der Waals surface area contributed by atoms with Crippen LogP contribution in [0.25, 0.3) is 0 Å². The summed E-state index contributed by atoms with van der Waals surface area (Å²) in [6.45, 7) is 0. The van der Waals surface area contributed by atoms with Crippen LogP contribution in [0.15, 0.2) is 4.99 Å². The van der Waals surface area contributed by atoms with Crippen LogP contribution < -0.4 is 0 Å². The zero-order valence-corrected chi connectivity index (χ0v) is 5.09. The van der Waals surface area contributed by atoms with Crippen LogP contribution in [0.4, 0.5) is 0 Å². The number of carbonyl (C=O) groups is 1. The van der Waals surface area contributed by atoms with Crippen molar-refractivity contribution in [2.75, 3.05) is 7.05 Å². The molecule has 0 spiro atoms. The molecule has 0 rings (SSSR count). The number of rotatable bonds is 3. The van der Waals surface area contributed by atoms with Gasteiger partial charge in [0.15, 0.2) is 0 Å². The molecule has 9 heavy (non-hydrogen) atoms. The van der Waals surface area contributed by atoms with Crippen molar-refractivity contribution in [3.63, 3.8) is 0 Å². The first kappa shape index (κ1) is 7.81. The molecule has 0 aromatic heterocycles. The zero-order valence-electron chi connectivity index (χ0n) is 5.09. The molecule has 0 unspecified atom stereocenters. The minimum absolute atomic E-state index is 0.103. The van der Waals surface area contributed by atoms with E-state index in [-0.39, 0.29) is 12.1 Å². The number of aliphatic imine (C=N–C) groups is 1. The van der Waals surface area contributed by atoms with Crippen molar-refractivity contribution in [1.82, 2.24) is 0 Å². The number of aliphatic carboxylic acids is 1. The van der Waals surface area contributed by atoms with Crippen LogP contribution in [0.2, 0.25) is 0 Å². The number of hydrogen-bond donors (Lipinski definition) is 2. The molecule has 0 saturated carbocycles. The molecular formula is C5H8N2O2. The highest BCUT2D eigenvalue weighted by Crippen LogP contribution is 1.78. The van der Waals surface area contributed by atoms with Gasteiger partial charge < -0.3 is 10.1 Å². The van der Waals surface area contributed by atoms with Crippen molar-refractivity contribution < 1.29 is 9.90 Å². The lowest BCUT2D eigenvalue weighted by Gasteiger charge is -1.87. The molecule has 0 amide bonds. The first-order valence-corrected chi connectivity index (χ1v) is 2.39. The highest BCUT2D eigenvalue weighted by Gasteiger charge is 2.02. The number of carboxylic acids is 1. The number of hydrogen-bond acceptors (Lipinski definition) is 3. The predicted molar refractivity (Wildman–Crippen MR) is 34.4 cm³/mol. The maximum atomic E-state index is 9.92. The maximum Gasteiger partial charge on any atom is 0.349 e. The van der Waals surface area contributed by atoms with Gasteiger partial charge in [0.05, 0.1) is 0 Å². The molecule has 50 valence electrons. The van der Waals surface area contributed by atoms with E-state index in [4.69, 9.17) is 10.5 Å².